The van der Waals surface area contributed by atoms with Crippen LogP contribution in [0.3, 0.4) is 0 Å². The second-order valence-corrected chi connectivity index (χ2v) is 6.67. The molecule has 27 heavy (non-hydrogen) atoms. The molecule has 0 spiro atoms. The van der Waals surface area contributed by atoms with Gasteiger partial charge in [0.2, 0.25) is 0 Å². The minimum Gasteiger partial charge on any atom is -0.340 e. The van der Waals surface area contributed by atoms with Crippen LogP contribution in [-0.4, -0.2) is 59.9 Å². The van der Waals surface area contributed by atoms with E-state index in [1.807, 2.05) is 57.5 Å². The molecule has 1 amide bonds. The lowest BCUT2D eigenvalue weighted by molar-refractivity contribution is 0.0786. The zero-order valence-corrected chi connectivity index (χ0v) is 15.9. The molecule has 3 rings (SSSR count). The molecule has 0 aliphatic heterocycles. The Hall–Kier alpha value is -3.05. The van der Waals surface area contributed by atoms with E-state index in [-0.39, 0.29) is 5.91 Å². The average molecular weight is 359 g/mol. The third-order valence-electron chi connectivity index (χ3n) is 4.31. The van der Waals surface area contributed by atoms with Crippen molar-refractivity contribution >= 4 is 5.91 Å². The van der Waals surface area contributed by atoms with Crippen molar-refractivity contribution in [3.63, 3.8) is 0 Å². The maximum absolute atomic E-state index is 12.8. The molecule has 1 aromatic carbocycles. The van der Waals surface area contributed by atoms with Gasteiger partial charge >= 0.3 is 0 Å². The molecule has 3 aromatic rings. The fourth-order valence-corrected chi connectivity index (χ4v) is 2.79. The van der Waals surface area contributed by atoms with Crippen molar-refractivity contribution in [2.75, 3.05) is 34.2 Å². The average Bonchev–Trinajstić information content (AvgIpc) is 2.72. The van der Waals surface area contributed by atoms with E-state index in [1.165, 1.54) is 0 Å². The Kier molecular flexibility index (Phi) is 5.94. The van der Waals surface area contributed by atoms with Gasteiger partial charge in [0, 0.05) is 55.4 Å². The molecule has 5 heteroatoms. The summed E-state index contributed by atoms with van der Waals surface area (Å²) in [5.74, 6) is 0.00511. The number of likely N-dealkylation sites (N-methyl/N-ethyl adjacent to an activating group) is 2. The van der Waals surface area contributed by atoms with Gasteiger partial charge in [-0.05, 0) is 56.1 Å². The number of rotatable bonds is 6. The van der Waals surface area contributed by atoms with Gasteiger partial charge in [0.25, 0.3) is 5.91 Å². The first kappa shape index (κ1) is 18.7. The van der Waals surface area contributed by atoms with E-state index in [0.29, 0.717) is 12.1 Å². The fourth-order valence-electron chi connectivity index (χ4n) is 2.79. The van der Waals surface area contributed by atoms with Gasteiger partial charge in [0.05, 0.1) is 5.69 Å². The largest absolute Gasteiger partial charge is 0.340 e. The van der Waals surface area contributed by atoms with E-state index in [0.717, 1.165) is 28.9 Å². The molecule has 0 saturated carbocycles. The fraction of sp³-hybridized carbons (Fsp3) is 0.227. The maximum Gasteiger partial charge on any atom is 0.253 e. The van der Waals surface area contributed by atoms with Gasteiger partial charge in [0.15, 0.2) is 0 Å². The van der Waals surface area contributed by atoms with Crippen molar-refractivity contribution in [2.24, 2.45) is 0 Å². The Bertz CT molecular complexity index is 909. The van der Waals surface area contributed by atoms with Gasteiger partial charge in [-0.2, -0.15) is 0 Å². The Morgan fingerprint density at radius 2 is 1.85 bits per heavy atom. The molecule has 0 aliphatic carbocycles. The van der Waals surface area contributed by atoms with Crippen LogP contribution in [0.1, 0.15) is 10.4 Å². The highest BCUT2D eigenvalue weighted by Gasteiger charge is 2.14. The second kappa shape index (κ2) is 8.56. The lowest BCUT2D eigenvalue weighted by Crippen LogP contribution is -2.33. The summed E-state index contributed by atoms with van der Waals surface area (Å²) in [4.78, 5) is 25.3. The molecule has 5 nitrogen and oxygen atoms in total. The minimum absolute atomic E-state index is 0.00511. The highest BCUT2D eigenvalue weighted by molar-refractivity contribution is 5.96. The monoisotopic (exact) mass is 359 g/mol. The molecular weight excluding hydrogens is 336 g/mol. The number of benzene rings is 1. The Balaban J connectivity index is 1.92. The molecule has 0 fully saturated rings. The molecule has 0 aliphatic rings. The highest BCUT2D eigenvalue weighted by atomic mass is 16.2. The smallest absolute Gasteiger partial charge is 0.253 e. The van der Waals surface area contributed by atoms with Crippen LogP contribution in [0.5, 0.6) is 0 Å². The van der Waals surface area contributed by atoms with E-state index in [9.17, 15) is 4.79 Å². The van der Waals surface area contributed by atoms with Crippen LogP contribution in [0.4, 0.5) is 0 Å². The van der Waals surface area contributed by atoms with Crippen LogP contribution < -0.4 is 0 Å². The van der Waals surface area contributed by atoms with Gasteiger partial charge in [-0.3, -0.25) is 14.8 Å². The number of amides is 1. The normalized spacial score (nSPS) is 10.8. The molecule has 2 heterocycles. The van der Waals surface area contributed by atoms with E-state index in [1.54, 1.807) is 29.6 Å². The number of carbonyl (C=O) groups excluding carboxylic acids is 1. The van der Waals surface area contributed by atoms with Crippen molar-refractivity contribution in [1.29, 1.82) is 0 Å². The minimum atomic E-state index is 0.00511. The first-order chi connectivity index (χ1) is 13.1. The molecule has 0 N–H and O–H groups in total. The maximum atomic E-state index is 12.8. The van der Waals surface area contributed by atoms with Crippen LogP contribution in [-0.2, 0) is 0 Å². The zero-order valence-electron chi connectivity index (χ0n) is 15.9. The molecule has 0 saturated heterocycles. The first-order valence-corrected chi connectivity index (χ1v) is 8.84. The van der Waals surface area contributed by atoms with Crippen molar-refractivity contribution in [3.8, 4) is 22.4 Å². The van der Waals surface area contributed by atoms with Gasteiger partial charge in [-0.1, -0.05) is 12.1 Å². The van der Waals surface area contributed by atoms with Gasteiger partial charge in [-0.15, -0.1) is 0 Å². The summed E-state index contributed by atoms with van der Waals surface area (Å²) in [6, 6.07) is 16.5. The van der Waals surface area contributed by atoms with Crippen molar-refractivity contribution < 1.29 is 4.79 Å². The van der Waals surface area contributed by atoms with Crippen molar-refractivity contribution in [3.05, 3.63) is 72.7 Å². The summed E-state index contributed by atoms with van der Waals surface area (Å²) in [6.07, 6.45) is 5.23. The number of nitrogens with zero attached hydrogens (tertiary/aromatic N) is 4. The van der Waals surface area contributed by atoms with Gasteiger partial charge in [-0.25, -0.2) is 0 Å². The summed E-state index contributed by atoms with van der Waals surface area (Å²) in [5.41, 5.74) is 4.15. The van der Waals surface area contributed by atoms with Crippen molar-refractivity contribution in [2.45, 2.75) is 0 Å². The summed E-state index contributed by atoms with van der Waals surface area (Å²) in [5, 5.41) is 0. The summed E-state index contributed by atoms with van der Waals surface area (Å²) >= 11 is 0. The van der Waals surface area contributed by atoms with Crippen LogP contribution >= 0.6 is 0 Å². The van der Waals surface area contributed by atoms with Gasteiger partial charge < -0.3 is 9.80 Å². The van der Waals surface area contributed by atoms with E-state index in [4.69, 9.17) is 0 Å². The van der Waals surface area contributed by atoms with Crippen molar-refractivity contribution in [1.82, 2.24) is 19.8 Å². The molecule has 0 bridgehead atoms. The molecule has 1 radical (unpaired) electrons. The Labute approximate surface area is 160 Å². The van der Waals surface area contributed by atoms with E-state index in [2.05, 4.69) is 20.9 Å². The topological polar surface area (TPSA) is 49.3 Å². The van der Waals surface area contributed by atoms with E-state index < -0.39 is 0 Å². The summed E-state index contributed by atoms with van der Waals surface area (Å²) in [7, 11) is 5.82. The molecule has 0 unspecified atom stereocenters. The van der Waals surface area contributed by atoms with Gasteiger partial charge in [0.1, 0.15) is 0 Å². The van der Waals surface area contributed by atoms with Crippen LogP contribution in [0.2, 0.25) is 0 Å². The third kappa shape index (κ3) is 4.57. The Morgan fingerprint density at radius 1 is 1.04 bits per heavy atom. The highest BCUT2D eigenvalue weighted by Crippen LogP contribution is 2.29. The standard InChI is InChI=1S/C22H23N4O/c1-25(2)13-14-26(3)22(27)18-8-4-7-17(15-18)20-10-6-12-24-21(20)19-9-5-11-23-16-19/h4-9,11-12,15-16H,13-14H2,1-3H3. The zero-order chi connectivity index (χ0) is 19.2. The number of hydrogen-bond donors (Lipinski definition) is 0. The quantitative estimate of drug-likeness (QED) is 0.678. The number of hydrogen-bond acceptors (Lipinski definition) is 4. The molecule has 137 valence electrons. The number of carbonyl (C=O) groups is 1. The lowest BCUT2D eigenvalue weighted by Gasteiger charge is -2.20. The number of pyridine rings is 2. The van der Waals surface area contributed by atoms with E-state index >= 15 is 0 Å². The third-order valence-corrected chi connectivity index (χ3v) is 4.31. The van der Waals surface area contributed by atoms with Crippen LogP contribution in [0, 0.1) is 6.07 Å². The predicted octanol–water partition coefficient (Wildman–Crippen LogP) is 3.24. The molecule has 0 atom stereocenters. The Morgan fingerprint density at radius 3 is 2.59 bits per heavy atom. The SMILES string of the molecule is CN(C)CCN(C)C(=O)c1cccc(-c2[c]ccnc2-c2cccnc2)c1. The molecular formula is C22H23N4O. The van der Waals surface area contributed by atoms with Crippen LogP contribution in [0.25, 0.3) is 22.4 Å². The summed E-state index contributed by atoms with van der Waals surface area (Å²) in [6.45, 7) is 1.50. The lowest BCUT2D eigenvalue weighted by atomic mass is 9.98. The number of aromatic nitrogens is 2. The first-order valence-electron chi connectivity index (χ1n) is 8.84. The van der Waals surface area contributed by atoms with Crippen LogP contribution in [0.15, 0.2) is 61.1 Å². The molecule has 2 aromatic heterocycles. The second-order valence-electron chi connectivity index (χ2n) is 6.67. The predicted molar refractivity (Wildman–Crippen MR) is 107 cm³/mol. The summed E-state index contributed by atoms with van der Waals surface area (Å²) < 4.78 is 0.